The second kappa shape index (κ2) is 3.82. The number of nitrogens with one attached hydrogen (secondary N) is 1. The zero-order valence-electron chi connectivity index (χ0n) is 5.84. The van der Waals surface area contributed by atoms with Crippen molar-refractivity contribution in [2.75, 3.05) is 5.32 Å². The van der Waals surface area contributed by atoms with Crippen LogP contribution in [0.25, 0.3) is 0 Å². The molecule has 0 fully saturated rings. The molecule has 0 saturated carbocycles. The highest BCUT2D eigenvalue weighted by Gasteiger charge is 2.02. The fourth-order valence-electron chi connectivity index (χ4n) is 0.706. The second-order valence-electron chi connectivity index (χ2n) is 2.05. The van der Waals surface area contributed by atoms with E-state index in [4.69, 9.17) is 0 Å². The van der Waals surface area contributed by atoms with Crippen molar-refractivity contribution >= 4 is 34.9 Å². The first-order valence-corrected chi connectivity index (χ1v) is 3.90. The molecule has 1 aromatic carbocycles. The Morgan fingerprint density at radius 2 is 2.08 bits per heavy atom. The van der Waals surface area contributed by atoms with Gasteiger partial charge in [-0.05, 0) is 12.1 Å². The summed E-state index contributed by atoms with van der Waals surface area (Å²) in [6, 6.07) is 3.17. The molecular formula is C7H5F2NS2. The smallest absolute Gasteiger partial charge is 0.149 e. The Labute approximate surface area is 79.2 Å². The highest BCUT2D eigenvalue weighted by molar-refractivity contribution is 8.11. The standard InChI is InChI=1S/C7H5F2NS2/c8-4-1-2-6(5(9)3-4)10-7(11)12/h1-3H,(H2,10,11,12). The third-order valence-electron chi connectivity index (χ3n) is 1.17. The van der Waals surface area contributed by atoms with E-state index in [9.17, 15) is 8.78 Å². The Hall–Kier alpha value is -0.680. The minimum absolute atomic E-state index is 0.122. The molecule has 64 valence electrons. The molecule has 0 radical (unpaired) electrons. The van der Waals surface area contributed by atoms with Gasteiger partial charge in [0.2, 0.25) is 0 Å². The average Bonchev–Trinajstić information content (AvgIpc) is 1.94. The van der Waals surface area contributed by atoms with Gasteiger partial charge in [0.1, 0.15) is 16.0 Å². The SMILES string of the molecule is Fc1ccc(NC(=S)S)c(F)c1. The maximum Gasteiger partial charge on any atom is 0.149 e. The lowest BCUT2D eigenvalue weighted by atomic mass is 10.3. The van der Waals surface area contributed by atoms with Crippen LogP contribution in [0, 0.1) is 11.6 Å². The fourth-order valence-corrected chi connectivity index (χ4v) is 0.936. The number of thiol groups is 1. The summed E-state index contributed by atoms with van der Waals surface area (Å²) < 4.78 is 25.3. The molecular weight excluding hydrogens is 200 g/mol. The van der Waals surface area contributed by atoms with E-state index < -0.39 is 11.6 Å². The lowest BCUT2D eigenvalue weighted by molar-refractivity contribution is 0.586. The van der Waals surface area contributed by atoms with Gasteiger partial charge in [0, 0.05) is 6.07 Å². The van der Waals surface area contributed by atoms with Gasteiger partial charge in [-0.15, -0.1) is 12.6 Å². The molecule has 1 nitrogen and oxygen atoms in total. The monoisotopic (exact) mass is 205 g/mol. The van der Waals surface area contributed by atoms with E-state index in [0.29, 0.717) is 0 Å². The molecule has 1 rings (SSSR count). The minimum atomic E-state index is -0.689. The fraction of sp³-hybridized carbons (Fsp3) is 0. The number of rotatable bonds is 1. The molecule has 12 heavy (non-hydrogen) atoms. The number of anilines is 1. The third-order valence-corrected chi connectivity index (χ3v) is 1.39. The van der Waals surface area contributed by atoms with Crippen LogP contribution >= 0.6 is 24.8 Å². The van der Waals surface area contributed by atoms with Gasteiger partial charge in [0.05, 0.1) is 5.69 Å². The van der Waals surface area contributed by atoms with Crippen molar-refractivity contribution in [3.05, 3.63) is 29.8 Å². The molecule has 0 aromatic heterocycles. The van der Waals surface area contributed by atoms with Crippen LogP contribution in [-0.4, -0.2) is 4.32 Å². The van der Waals surface area contributed by atoms with Crippen LogP contribution in [0.5, 0.6) is 0 Å². The molecule has 0 amide bonds. The quantitative estimate of drug-likeness (QED) is 0.540. The molecule has 0 atom stereocenters. The van der Waals surface area contributed by atoms with Crippen LogP contribution in [0.1, 0.15) is 0 Å². The van der Waals surface area contributed by atoms with Gasteiger partial charge in [-0.3, -0.25) is 0 Å². The van der Waals surface area contributed by atoms with Crippen molar-refractivity contribution in [3.63, 3.8) is 0 Å². The van der Waals surface area contributed by atoms with Gasteiger partial charge < -0.3 is 5.32 Å². The molecule has 0 bridgehead atoms. The molecule has 0 aliphatic carbocycles. The Bertz CT molecular complexity index is 314. The number of hydrogen-bond donors (Lipinski definition) is 2. The molecule has 0 aliphatic heterocycles. The summed E-state index contributed by atoms with van der Waals surface area (Å²) in [6.07, 6.45) is 0. The van der Waals surface area contributed by atoms with E-state index in [0.717, 1.165) is 12.1 Å². The number of hydrogen-bond acceptors (Lipinski definition) is 1. The first-order chi connectivity index (χ1) is 5.59. The van der Waals surface area contributed by atoms with Crippen molar-refractivity contribution < 1.29 is 8.78 Å². The number of thiocarbonyl (C=S) groups is 1. The zero-order valence-corrected chi connectivity index (χ0v) is 7.55. The largest absolute Gasteiger partial charge is 0.339 e. The minimum Gasteiger partial charge on any atom is -0.339 e. The Balaban J connectivity index is 2.93. The molecule has 0 unspecified atom stereocenters. The van der Waals surface area contributed by atoms with E-state index in [2.05, 4.69) is 30.2 Å². The Morgan fingerprint density at radius 1 is 1.42 bits per heavy atom. The zero-order chi connectivity index (χ0) is 9.14. The predicted octanol–water partition coefficient (Wildman–Crippen LogP) is 2.59. The molecule has 5 heteroatoms. The summed E-state index contributed by atoms with van der Waals surface area (Å²) in [5.41, 5.74) is 0.122. The maximum absolute atomic E-state index is 12.8. The van der Waals surface area contributed by atoms with E-state index in [1.807, 2.05) is 0 Å². The second-order valence-corrected chi connectivity index (χ2v) is 3.21. The Kier molecular flexibility index (Phi) is 2.99. The highest BCUT2D eigenvalue weighted by Crippen LogP contribution is 2.15. The summed E-state index contributed by atoms with van der Waals surface area (Å²) in [5, 5.41) is 2.45. The van der Waals surface area contributed by atoms with Crippen LogP contribution < -0.4 is 5.32 Å². The first-order valence-electron chi connectivity index (χ1n) is 3.04. The third kappa shape index (κ3) is 2.42. The van der Waals surface area contributed by atoms with Crippen molar-refractivity contribution in [2.24, 2.45) is 0 Å². The summed E-state index contributed by atoms with van der Waals surface area (Å²) >= 11 is 8.31. The van der Waals surface area contributed by atoms with E-state index >= 15 is 0 Å². The molecule has 0 spiro atoms. The van der Waals surface area contributed by atoms with Crippen LogP contribution in [0.15, 0.2) is 18.2 Å². The predicted molar refractivity (Wildman–Crippen MR) is 51.6 cm³/mol. The van der Waals surface area contributed by atoms with Gasteiger partial charge in [-0.2, -0.15) is 0 Å². The molecule has 1 aromatic rings. The Morgan fingerprint density at radius 3 is 2.58 bits per heavy atom. The lowest BCUT2D eigenvalue weighted by Gasteiger charge is -2.03. The molecule has 1 N–H and O–H groups in total. The van der Waals surface area contributed by atoms with Crippen LogP contribution in [-0.2, 0) is 0 Å². The van der Waals surface area contributed by atoms with Gasteiger partial charge in [-0.1, -0.05) is 12.2 Å². The molecule has 0 aliphatic rings. The highest BCUT2D eigenvalue weighted by atomic mass is 32.1. The van der Waals surface area contributed by atoms with Gasteiger partial charge >= 0.3 is 0 Å². The summed E-state index contributed by atoms with van der Waals surface area (Å²) in [7, 11) is 0. The lowest BCUT2D eigenvalue weighted by Crippen LogP contribution is -2.02. The van der Waals surface area contributed by atoms with Crippen LogP contribution in [0.2, 0.25) is 0 Å². The van der Waals surface area contributed by atoms with Gasteiger partial charge in [0.15, 0.2) is 0 Å². The summed E-state index contributed by atoms with van der Waals surface area (Å²) in [6.45, 7) is 0. The maximum atomic E-state index is 12.8. The number of halogens is 2. The van der Waals surface area contributed by atoms with Crippen LogP contribution in [0.3, 0.4) is 0 Å². The van der Waals surface area contributed by atoms with Crippen molar-refractivity contribution in [1.82, 2.24) is 0 Å². The average molecular weight is 205 g/mol. The van der Waals surface area contributed by atoms with E-state index in [-0.39, 0.29) is 10.0 Å². The van der Waals surface area contributed by atoms with Crippen LogP contribution in [0.4, 0.5) is 14.5 Å². The normalized spacial score (nSPS) is 9.58. The van der Waals surface area contributed by atoms with Crippen molar-refractivity contribution in [2.45, 2.75) is 0 Å². The first kappa shape index (κ1) is 9.41. The van der Waals surface area contributed by atoms with E-state index in [1.54, 1.807) is 0 Å². The molecule has 0 heterocycles. The topological polar surface area (TPSA) is 12.0 Å². The number of benzene rings is 1. The summed E-state index contributed by atoms with van der Waals surface area (Å²) in [5.74, 6) is -1.31. The van der Waals surface area contributed by atoms with Gasteiger partial charge in [0.25, 0.3) is 0 Å². The summed E-state index contributed by atoms with van der Waals surface area (Å²) in [4.78, 5) is 0. The molecule has 0 saturated heterocycles. The van der Waals surface area contributed by atoms with Gasteiger partial charge in [-0.25, -0.2) is 8.78 Å². The van der Waals surface area contributed by atoms with E-state index in [1.165, 1.54) is 6.07 Å². The van der Waals surface area contributed by atoms with Crippen molar-refractivity contribution in [1.29, 1.82) is 0 Å². The van der Waals surface area contributed by atoms with Crippen molar-refractivity contribution in [3.8, 4) is 0 Å².